The normalized spacial score (nSPS) is 11.1. The summed E-state index contributed by atoms with van der Waals surface area (Å²) in [6.07, 6.45) is 0.994. The van der Waals surface area contributed by atoms with Gasteiger partial charge in [0, 0.05) is 6.54 Å². The number of carbonyl (C=O) groups is 1. The Morgan fingerprint density at radius 1 is 1.25 bits per heavy atom. The lowest BCUT2D eigenvalue weighted by molar-refractivity contribution is -0.118. The van der Waals surface area contributed by atoms with Crippen molar-refractivity contribution >= 4 is 17.7 Å². The van der Waals surface area contributed by atoms with E-state index in [0.717, 1.165) is 35.2 Å². The smallest absolute Gasteiger partial charge is 0.230 e. The van der Waals surface area contributed by atoms with Gasteiger partial charge in [0.2, 0.25) is 5.91 Å². The predicted octanol–water partition coefficient (Wildman–Crippen LogP) is 3.45. The molecule has 2 aromatic rings. The Balaban J connectivity index is 2.08. The van der Waals surface area contributed by atoms with Crippen molar-refractivity contribution in [2.45, 2.75) is 46.2 Å². The topological polar surface area (TPSA) is 59.8 Å². The Morgan fingerprint density at radius 2 is 2.00 bits per heavy atom. The number of thioether (sulfide) groups is 1. The van der Waals surface area contributed by atoms with Crippen molar-refractivity contribution in [2.24, 2.45) is 5.92 Å². The summed E-state index contributed by atoms with van der Waals surface area (Å²) in [5.41, 5.74) is 3.41. The van der Waals surface area contributed by atoms with Gasteiger partial charge in [0.1, 0.15) is 5.82 Å². The SMILES string of the molecule is Cc1ccc(C)c(-n2c(C)nnc2SCC(=O)NCCC(C)C)c1. The monoisotopic (exact) mass is 346 g/mol. The molecule has 1 N–H and O–H groups in total. The maximum atomic E-state index is 12.0. The van der Waals surface area contributed by atoms with Crippen LogP contribution in [0.5, 0.6) is 0 Å². The van der Waals surface area contributed by atoms with Crippen LogP contribution in [0.25, 0.3) is 5.69 Å². The molecule has 2 rings (SSSR count). The van der Waals surface area contributed by atoms with Crippen LogP contribution in [0.4, 0.5) is 0 Å². The number of hydrogen-bond acceptors (Lipinski definition) is 4. The maximum Gasteiger partial charge on any atom is 0.230 e. The van der Waals surface area contributed by atoms with Gasteiger partial charge >= 0.3 is 0 Å². The molecule has 5 nitrogen and oxygen atoms in total. The van der Waals surface area contributed by atoms with Crippen LogP contribution in [0, 0.1) is 26.7 Å². The molecule has 0 aliphatic carbocycles. The summed E-state index contributed by atoms with van der Waals surface area (Å²) in [5.74, 6) is 1.80. The van der Waals surface area contributed by atoms with Crippen molar-refractivity contribution in [1.29, 1.82) is 0 Å². The number of aryl methyl sites for hydroxylation is 3. The fraction of sp³-hybridized carbons (Fsp3) is 0.500. The minimum atomic E-state index is 0.0359. The zero-order valence-corrected chi connectivity index (χ0v) is 15.9. The molecule has 0 atom stereocenters. The van der Waals surface area contributed by atoms with Gasteiger partial charge in [-0.2, -0.15) is 0 Å². The van der Waals surface area contributed by atoms with Gasteiger partial charge in [-0.1, -0.05) is 37.7 Å². The zero-order valence-electron chi connectivity index (χ0n) is 15.1. The second-order valence-electron chi connectivity index (χ2n) is 6.48. The lowest BCUT2D eigenvalue weighted by Crippen LogP contribution is -2.27. The number of rotatable bonds is 7. The van der Waals surface area contributed by atoms with Crippen LogP contribution in [0.3, 0.4) is 0 Å². The summed E-state index contributed by atoms with van der Waals surface area (Å²) in [6, 6.07) is 6.31. The first-order chi connectivity index (χ1) is 11.4. The first-order valence-electron chi connectivity index (χ1n) is 8.27. The van der Waals surface area contributed by atoms with E-state index in [2.05, 4.69) is 61.4 Å². The Morgan fingerprint density at radius 3 is 2.71 bits per heavy atom. The molecule has 0 saturated carbocycles. The molecule has 24 heavy (non-hydrogen) atoms. The first-order valence-corrected chi connectivity index (χ1v) is 9.26. The minimum absolute atomic E-state index is 0.0359. The van der Waals surface area contributed by atoms with Crippen LogP contribution in [0.15, 0.2) is 23.4 Å². The van der Waals surface area contributed by atoms with E-state index in [0.29, 0.717) is 11.7 Å². The number of aromatic nitrogens is 3. The second-order valence-corrected chi connectivity index (χ2v) is 7.42. The molecule has 0 aliphatic heterocycles. The Labute approximate surface area is 148 Å². The summed E-state index contributed by atoms with van der Waals surface area (Å²) in [6.45, 7) is 11.1. The van der Waals surface area contributed by atoms with Gasteiger partial charge < -0.3 is 5.32 Å². The van der Waals surface area contributed by atoms with Crippen molar-refractivity contribution in [1.82, 2.24) is 20.1 Å². The van der Waals surface area contributed by atoms with Gasteiger partial charge in [-0.25, -0.2) is 0 Å². The summed E-state index contributed by atoms with van der Waals surface area (Å²) < 4.78 is 2.02. The highest BCUT2D eigenvalue weighted by molar-refractivity contribution is 7.99. The molecule has 130 valence electrons. The fourth-order valence-corrected chi connectivity index (χ4v) is 3.18. The maximum absolute atomic E-state index is 12.0. The molecule has 0 bridgehead atoms. The molecule has 1 aromatic heterocycles. The van der Waals surface area contributed by atoms with E-state index in [1.165, 1.54) is 17.3 Å². The predicted molar refractivity (Wildman–Crippen MR) is 98.8 cm³/mol. The molecule has 0 saturated heterocycles. The third-order valence-corrected chi connectivity index (χ3v) is 4.71. The highest BCUT2D eigenvalue weighted by Gasteiger charge is 2.15. The molecular weight excluding hydrogens is 320 g/mol. The van der Waals surface area contributed by atoms with Crippen molar-refractivity contribution in [2.75, 3.05) is 12.3 Å². The largest absolute Gasteiger partial charge is 0.355 e. The van der Waals surface area contributed by atoms with Crippen molar-refractivity contribution in [3.63, 3.8) is 0 Å². The van der Waals surface area contributed by atoms with E-state index >= 15 is 0 Å². The number of amides is 1. The quantitative estimate of drug-likeness (QED) is 0.780. The standard InChI is InChI=1S/C18H26N4OS/c1-12(2)8-9-19-17(23)11-24-18-21-20-15(5)22(18)16-10-13(3)6-7-14(16)4/h6-7,10,12H,8-9,11H2,1-5H3,(H,19,23). The molecule has 6 heteroatoms. The molecular formula is C18H26N4OS. The van der Waals surface area contributed by atoms with E-state index in [1.807, 2.05) is 11.5 Å². The number of nitrogens with one attached hydrogen (secondary N) is 1. The molecule has 0 radical (unpaired) electrons. The molecule has 0 unspecified atom stereocenters. The molecule has 1 aromatic carbocycles. The minimum Gasteiger partial charge on any atom is -0.355 e. The van der Waals surface area contributed by atoms with Gasteiger partial charge in [-0.3, -0.25) is 9.36 Å². The van der Waals surface area contributed by atoms with Gasteiger partial charge in [0.05, 0.1) is 11.4 Å². The van der Waals surface area contributed by atoms with Crippen LogP contribution in [-0.2, 0) is 4.79 Å². The lowest BCUT2D eigenvalue weighted by atomic mass is 10.1. The number of nitrogens with zero attached hydrogens (tertiary/aromatic N) is 3. The van der Waals surface area contributed by atoms with Gasteiger partial charge in [0.25, 0.3) is 0 Å². The van der Waals surface area contributed by atoms with Crippen LogP contribution in [0.2, 0.25) is 0 Å². The number of hydrogen-bond donors (Lipinski definition) is 1. The van der Waals surface area contributed by atoms with Crippen molar-refractivity contribution in [3.05, 3.63) is 35.2 Å². The van der Waals surface area contributed by atoms with Gasteiger partial charge in [0.15, 0.2) is 5.16 Å². The van der Waals surface area contributed by atoms with Crippen LogP contribution >= 0.6 is 11.8 Å². The fourth-order valence-electron chi connectivity index (χ4n) is 2.36. The third kappa shape index (κ3) is 4.84. The third-order valence-electron chi connectivity index (χ3n) is 3.78. The van der Waals surface area contributed by atoms with Crippen molar-refractivity contribution in [3.8, 4) is 5.69 Å². The summed E-state index contributed by atoms with van der Waals surface area (Å²) in [4.78, 5) is 12.0. The number of benzene rings is 1. The molecule has 1 heterocycles. The highest BCUT2D eigenvalue weighted by Crippen LogP contribution is 2.24. The number of carbonyl (C=O) groups excluding carboxylic acids is 1. The summed E-state index contributed by atoms with van der Waals surface area (Å²) in [5, 5.41) is 12.1. The first kappa shape index (κ1) is 18.5. The average molecular weight is 347 g/mol. The van der Waals surface area contributed by atoms with E-state index in [-0.39, 0.29) is 5.91 Å². The molecule has 0 spiro atoms. The Kier molecular flexibility index (Phi) is 6.43. The second kappa shape index (κ2) is 8.33. The van der Waals surface area contributed by atoms with Crippen LogP contribution in [-0.4, -0.2) is 33.0 Å². The van der Waals surface area contributed by atoms with E-state index in [4.69, 9.17) is 0 Å². The van der Waals surface area contributed by atoms with Gasteiger partial charge in [-0.05, 0) is 50.3 Å². The zero-order chi connectivity index (χ0) is 17.7. The van der Waals surface area contributed by atoms with Crippen molar-refractivity contribution < 1.29 is 4.79 Å². The van der Waals surface area contributed by atoms with Crippen LogP contribution in [0.1, 0.15) is 37.2 Å². The van der Waals surface area contributed by atoms with E-state index < -0.39 is 0 Å². The molecule has 0 fully saturated rings. The Bertz CT molecular complexity index is 709. The molecule has 0 aliphatic rings. The Hall–Kier alpha value is -1.82. The average Bonchev–Trinajstić information content (AvgIpc) is 2.88. The molecule has 1 amide bonds. The highest BCUT2D eigenvalue weighted by atomic mass is 32.2. The van der Waals surface area contributed by atoms with E-state index in [9.17, 15) is 4.79 Å². The van der Waals surface area contributed by atoms with E-state index in [1.54, 1.807) is 0 Å². The summed E-state index contributed by atoms with van der Waals surface area (Å²) >= 11 is 1.42. The van der Waals surface area contributed by atoms with Gasteiger partial charge in [-0.15, -0.1) is 10.2 Å². The summed E-state index contributed by atoms with van der Waals surface area (Å²) in [7, 11) is 0. The lowest BCUT2D eigenvalue weighted by Gasteiger charge is -2.12. The van der Waals surface area contributed by atoms with Crippen LogP contribution < -0.4 is 5.32 Å².